The molecule has 0 aliphatic heterocycles. The fourth-order valence-electron chi connectivity index (χ4n) is 2.36. The third-order valence-corrected chi connectivity index (χ3v) is 3.58. The van der Waals surface area contributed by atoms with E-state index in [1.165, 1.54) is 5.56 Å². The molecule has 23 heavy (non-hydrogen) atoms. The van der Waals surface area contributed by atoms with E-state index in [4.69, 9.17) is 0 Å². The fourth-order valence-corrected chi connectivity index (χ4v) is 2.36. The minimum Gasteiger partial charge on any atom is -0.347 e. The largest absolute Gasteiger partial charge is 0.347 e. The predicted molar refractivity (Wildman–Crippen MR) is 87.8 cm³/mol. The number of hydrogen-bond acceptors (Lipinski definition) is 3. The normalized spacial score (nSPS) is 10.4. The van der Waals surface area contributed by atoms with Gasteiger partial charge in [-0.05, 0) is 29.7 Å². The molecule has 0 saturated heterocycles. The number of amides is 1. The van der Waals surface area contributed by atoms with E-state index in [1.54, 1.807) is 29.3 Å². The lowest BCUT2D eigenvalue weighted by atomic mass is 10.1. The Labute approximate surface area is 135 Å². The highest BCUT2D eigenvalue weighted by Gasteiger charge is 2.11. The van der Waals surface area contributed by atoms with Gasteiger partial charge in [0.1, 0.15) is 5.69 Å². The molecular weight excluding hydrogens is 288 g/mol. The van der Waals surface area contributed by atoms with Crippen molar-refractivity contribution in [3.63, 3.8) is 0 Å². The number of carbonyl (C=O) groups is 1. The molecule has 0 aliphatic carbocycles. The zero-order chi connectivity index (χ0) is 15.9. The number of benzene rings is 1. The van der Waals surface area contributed by atoms with Crippen molar-refractivity contribution in [2.45, 2.75) is 19.5 Å². The van der Waals surface area contributed by atoms with Crippen LogP contribution in [0.1, 0.15) is 21.6 Å². The van der Waals surface area contributed by atoms with Crippen molar-refractivity contribution < 1.29 is 4.79 Å². The van der Waals surface area contributed by atoms with Crippen LogP contribution in [0.15, 0.2) is 67.1 Å². The molecule has 2 aromatic heterocycles. The molecule has 0 saturated carbocycles. The van der Waals surface area contributed by atoms with Gasteiger partial charge in [0, 0.05) is 31.7 Å². The molecule has 0 radical (unpaired) electrons. The minimum absolute atomic E-state index is 0.126. The summed E-state index contributed by atoms with van der Waals surface area (Å²) in [4.78, 5) is 16.4. The van der Waals surface area contributed by atoms with Crippen LogP contribution in [0.25, 0.3) is 0 Å². The van der Waals surface area contributed by atoms with Crippen molar-refractivity contribution in [3.8, 4) is 0 Å². The van der Waals surface area contributed by atoms with E-state index in [1.807, 2.05) is 30.3 Å². The smallest absolute Gasteiger partial charge is 0.269 e. The van der Waals surface area contributed by atoms with E-state index < -0.39 is 0 Å². The molecule has 0 unspecified atom stereocenters. The molecule has 1 N–H and O–H groups in total. The van der Waals surface area contributed by atoms with Gasteiger partial charge in [0.05, 0.1) is 0 Å². The maximum absolute atomic E-state index is 12.3. The van der Waals surface area contributed by atoms with Crippen LogP contribution in [-0.2, 0) is 19.5 Å². The summed E-state index contributed by atoms with van der Waals surface area (Å²) in [5.74, 6) is -0.126. The van der Waals surface area contributed by atoms with E-state index in [0.717, 1.165) is 12.0 Å². The first kappa shape index (κ1) is 15.0. The van der Waals surface area contributed by atoms with Crippen LogP contribution in [0.4, 0.5) is 0 Å². The van der Waals surface area contributed by atoms with Crippen molar-refractivity contribution in [1.29, 1.82) is 0 Å². The first-order chi connectivity index (χ1) is 11.3. The molecule has 0 aliphatic rings. The highest BCUT2D eigenvalue weighted by Crippen LogP contribution is 2.05. The highest BCUT2D eigenvalue weighted by molar-refractivity contribution is 5.92. The lowest BCUT2D eigenvalue weighted by Gasteiger charge is -2.08. The van der Waals surface area contributed by atoms with Crippen LogP contribution in [0.5, 0.6) is 0 Å². The average Bonchev–Trinajstić information content (AvgIpc) is 3.08. The van der Waals surface area contributed by atoms with Gasteiger partial charge in [-0.25, -0.2) is 0 Å². The third-order valence-electron chi connectivity index (χ3n) is 3.58. The Bertz CT molecular complexity index is 753. The van der Waals surface area contributed by atoms with Crippen LogP contribution < -0.4 is 5.32 Å². The second-order valence-corrected chi connectivity index (χ2v) is 5.22. The highest BCUT2D eigenvalue weighted by atomic mass is 16.2. The molecule has 0 bridgehead atoms. The van der Waals surface area contributed by atoms with Gasteiger partial charge in [0.25, 0.3) is 5.91 Å². The number of pyridine rings is 1. The molecule has 3 rings (SSSR count). The summed E-state index contributed by atoms with van der Waals surface area (Å²) in [5.41, 5.74) is 2.77. The third kappa shape index (κ3) is 4.03. The first-order valence-electron chi connectivity index (χ1n) is 7.56. The average molecular weight is 306 g/mol. The van der Waals surface area contributed by atoms with Crippen LogP contribution in [-0.4, -0.2) is 20.7 Å². The zero-order valence-electron chi connectivity index (χ0n) is 12.7. The van der Waals surface area contributed by atoms with Gasteiger partial charge in [0.15, 0.2) is 0 Å². The molecule has 1 aromatic carbocycles. The second kappa shape index (κ2) is 7.35. The number of aromatic nitrogens is 3. The van der Waals surface area contributed by atoms with Crippen molar-refractivity contribution in [3.05, 3.63) is 83.9 Å². The summed E-state index contributed by atoms with van der Waals surface area (Å²) in [6.07, 6.45) is 5.95. The molecule has 3 aromatic rings. The van der Waals surface area contributed by atoms with Crippen LogP contribution in [0.3, 0.4) is 0 Å². The predicted octanol–water partition coefficient (Wildman–Crippen LogP) is 2.45. The van der Waals surface area contributed by atoms with E-state index in [-0.39, 0.29) is 5.91 Å². The number of rotatable bonds is 6. The molecule has 5 nitrogen and oxygen atoms in total. The Morgan fingerprint density at radius 1 is 1.00 bits per heavy atom. The standard InChI is InChI=1S/C18H18N4O/c23-18(20-14-16-7-4-10-19-13-16)17-8-11-21-22(17)12-9-15-5-2-1-3-6-15/h1-8,10-11,13H,9,12,14H2,(H,20,23). The monoisotopic (exact) mass is 306 g/mol. The number of nitrogens with one attached hydrogen (secondary N) is 1. The van der Waals surface area contributed by atoms with Crippen LogP contribution in [0, 0.1) is 0 Å². The summed E-state index contributed by atoms with van der Waals surface area (Å²) in [7, 11) is 0. The lowest BCUT2D eigenvalue weighted by molar-refractivity contribution is 0.0940. The number of hydrogen-bond donors (Lipinski definition) is 1. The van der Waals surface area contributed by atoms with Gasteiger partial charge < -0.3 is 5.32 Å². The molecule has 0 fully saturated rings. The first-order valence-corrected chi connectivity index (χ1v) is 7.56. The Balaban J connectivity index is 1.60. The molecular formula is C18H18N4O. The topological polar surface area (TPSA) is 59.8 Å². The quantitative estimate of drug-likeness (QED) is 0.761. The molecule has 0 atom stereocenters. The van der Waals surface area contributed by atoms with Crippen LogP contribution >= 0.6 is 0 Å². The fraction of sp³-hybridized carbons (Fsp3) is 0.167. The molecule has 116 valence electrons. The van der Waals surface area contributed by atoms with Gasteiger partial charge in [0.2, 0.25) is 0 Å². The summed E-state index contributed by atoms with van der Waals surface area (Å²) >= 11 is 0. The summed E-state index contributed by atoms with van der Waals surface area (Å²) < 4.78 is 1.74. The Kier molecular flexibility index (Phi) is 4.79. The van der Waals surface area contributed by atoms with E-state index >= 15 is 0 Å². The summed E-state index contributed by atoms with van der Waals surface area (Å²) in [6.45, 7) is 1.13. The lowest BCUT2D eigenvalue weighted by Crippen LogP contribution is -2.26. The SMILES string of the molecule is O=C(NCc1cccnc1)c1ccnn1CCc1ccccc1. The molecule has 5 heteroatoms. The molecule has 1 amide bonds. The van der Waals surface area contributed by atoms with Crippen LogP contribution in [0.2, 0.25) is 0 Å². The van der Waals surface area contributed by atoms with Crippen molar-refractivity contribution in [2.75, 3.05) is 0 Å². The van der Waals surface area contributed by atoms with E-state index in [9.17, 15) is 4.79 Å². The van der Waals surface area contributed by atoms with Gasteiger partial charge in [-0.15, -0.1) is 0 Å². The Hall–Kier alpha value is -2.95. The van der Waals surface area contributed by atoms with Gasteiger partial charge >= 0.3 is 0 Å². The number of nitrogens with zero attached hydrogens (tertiary/aromatic N) is 3. The van der Waals surface area contributed by atoms with E-state index in [0.29, 0.717) is 18.8 Å². The van der Waals surface area contributed by atoms with Gasteiger partial charge in [-0.1, -0.05) is 36.4 Å². The van der Waals surface area contributed by atoms with Crippen molar-refractivity contribution in [1.82, 2.24) is 20.1 Å². The maximum Gasteiger partial charge on any atom is 0.269 e. The second-order valence-electron chi connectivity index (χ2n) is 5.22. The van der Waals surface area contributed by atoms with Crippen molar-refractivity contribution >= 4 is 5.91 Å². The maximum atomic E-state index is 12.3. The van der Waals surface area contributed by atoms with Gasteiger partial charge in [-0.2, -0.15) is 5.10 Å². The Morgan fingerprint density at radius 3 is 2.61 bits per heavy atom. The summed E-state index contributed by atoms with van der Waals surface area (Å²) in [5, 5.41) is 7.15. The summed E-state index contributed by atoms with van der Waals surface area (Å²) in [6, 6.07) is 15.7. The number of aryl methyl sites for hydroxylation is 2. The zero-order valence-corrected chi connectivity index (χ0v) is 12.7. The molecule has 0 spiro atoms. The molecule has 2 heterocycles. The van der Waals surface area contributed by atoms with E-state index in [2.05, 4.69) is 27.5 Å². The minimum atomic E-state index is -0.126. The van der Waals surface area contributed by atoms with Gasteiger partial charge in [-0.3, -0.25) is 14.5 Å². The van der Waals surface area contributed by atoms with Crippen molar-refractivity contribution in [2.24, 2.45) is 0 Å². The number of carbonyl (C=O) groups excluding carboxylic acids is 1. The Morgan fingerprint density at radius 2 is 1.83 bits per heavy atom.